The summed E-state index contributed by atoms with van der Waals surface area (Å²) < 4.78 is 11.7. The lowest BCUT2D eigenvalue weighted by Crippen LogP contribution is -2.41. The van der Waals surface area contributed by atoms with Crippen LogP contribution >= 0.6 is 0 Å². The Hall–Kier alpha value is -1.17. The van der Waals surface area contributed by atoms with Crippen molar-refractivity contribution in [1.29, 1.82) is 0 Å². The number of benzene rings is 1. The van der Waals surface area contributed by atoms with Crippen molar-refractivity contribution < 1.29 is 14.0 Å². The second-order valence-electron chi connectivity index (χ2n) is 9.27. The van der Waals surface area contributed by atoms with Crippen LogP contribution in [-0.4, -0.2) is 52.0 Å². The Morgan fingerprint density at radius 1 is 1.30 bits per heavy atom. The molecule has 1 aromatic rings. The number of likely N-dealkylation sites (tertiary alicyclic amines) is 1. The highest BCUT2D eigenvalue weighted by molar-refractivity contribution is 6.74. The van der Waals surface area contributed by atoms with Gasteiger partial charge >= 0.3 is 0 Å². The summed E-state index contributed by atoms with van der Waals surface area (Å²) >= 11 is 0. The second-order valence-corrected chi connectivity index (χ2v) is 14.1. The van der Waals surface area contributed by atoms with E-state index in [1.54, 1.807) is 7.11 Å². The number of aryl methyl sites for hydroxylation is 1. The zero-order valence-corrected chi connectivity index (χ0v) is 19.2. The van der Waals surface area contributed by atoms with Crippen molar-refractivity contribution in [2.45, 2.75) is 71.1 Å². The number of hydrogen-bond donors (Lipinski definition) is 0. The second kappa shape index (κ2) is 8.89. The van der Waals surface area contributed by atoms with Gasteiger partial charge in [0.2, 0.25) is 0 Å². The maximum absolute atomic E-state index is 13.3. The van der Waals surface area contributed by atoms with E-state index in [4.69, 9.17) is 9.16 Å². The van der Waals surface area contributed by atoms with Gasteiger partial charge in [-0.05, 0) is 55.9 Å². The fraction of sp³-hybridized carbons (Fsp3) is 0.682. The first-order chi connectivity index (χ1) is 12.6. The van der Waals surface area contributed by atoms with Crippen molar-refractivity contribution in [1.82, 2.24) is 4.90 Å². The molecule has 0 saturated carbocycles. The van der Waals surface area contributed by atoms with E-state index in [1.807, 2.05) is 17.9 Å². The van der Waals surface area contributed by atoms with Crippen LogP contribution in [0.4, 0.5) is 0 Å². The molecule has 27 heavy (non-hydrogen) atoms. The zero-order chi connectivity index (χ0) is 20.2. The van der Waals surface area contributed by atoms with E-state index in [9.17, 15) is 4.79 Å². The summed E-state index contributed by atoms with van der Waals surface area (Å²) in [6, 6.07) is 6.42. The minimum Gasteiger partial charge on any atom is -0.416 e. The third-order valence-corrected chi connectivity index (χ3v) is 10.7. The topological polar surface area (TPSA) is 38.8 Å². The smallest absolute Gasteiger partial charge is 0.254 e. The Bertz CT molecular complexity index is 651. The first-order valence-electron chi connectivity index (χ1n) is 10.1. The van der Waals surface area contributed by atoms with E-state index in [0.717, 1.165) is 42.5 Å². The van der Waals surface area contributed by atoms with Crippen molar-refractivity contribution in [2.24, 2.45) is 0 Å². The van der Waals surface area contributed by atoms with Crippen molar-refractivity contribution >= 4 is 14.2 Å². The number of hydrogen-bond acceptors (Lipinski definition) is 3. The lowest BCUT2D eigenvalue weighted by molar-refractivity contribution is 0.0629. The summed E-state index contributed by atoms with van der Waals surface area (Å²) in [5, 5.41) is 0.196. The Morgan fingerprint density at radius 3 is 2.63 bits per heavy atom. The van der Waals surface area contributed by atoms with Crippen LogP contribution in [-0.2, 0) is 15.6 Å². The van der Waals surface area contributed by atoms with E-state index in [0.29, 0.717) is 13.2 Å². The molecule has 0 aliphatic carbocycles. The van der Waals surface area contributed by atoms with Crippen LogP contribution in [0.3, 0.4) is 0 Å². The molecular formula is C22H37NO3Si. The van der Waals surface area contributed by atoms with Crippen LogP contribution in [0.2, 0.25) is 18.1 Å². The van der Waals surface area contributed by atoms with Crippen LogP contribution in [0.1, 0.15) is 55.1 Å². The molecule has 1 saturated heterocycles. The van der Waals surface area contributed by atoms with Crippen molar-refractivity contribution in [3.05, 3.63) is 34.9 Å². The third-order valence-electron chi connectivity index (χ3n) is 6.13. The quantitative estimate of drug-likeness (QED) is 0.626. The van der Waals surface area contributed by atoms with Crippen LogP contribution in [0.25, 0.3) is 0 Å². The zero-order valence-electron chi connectivity index (χ0n) is 18.2. The predicted molar refractivity (Wildman–Crippen MR) is 114 cm³/mol. The van der Waals surface area contributed by atoms with Crippen molar-refractivity contribution in [2.75, 3.05) is 26.9 Å². The number of nitrogens with zero attached hydrogens (tertiary/aromatic N) is 1. The summed E-state index contributed by atoms with van der Waals surface area (Å²) in [5.41, 5.74) is 3.04. The van der Waals surface area contributed by atoms with Crippen LogP contribution in [0.5, 0.6) is 0 Å². The molecule has 1 aliphatic heterocycles. The van der Waals surface area contributed by atoms with Crippen LogP contribution < -0.4 is 0 Å². The van der Waals surface area contributed by atoms with E-state index in [2.05, 4.69) is 46.0 Å². The molecule has 0 N–H and O–H groups in total. The van der Waals surface area contributed by atoms with Gasteiger partial charge in [0.05, 0.1) is 12.6 Å². The van der Waals surface area contributed by atoms with Gasteiger partial charge in [-0.2, -0.15) is 0 Å². The fourth-order valence-electron chi connectivity index (χ4n) is 3.36. The molecular weight excluding hydrogens is 354 g/mol. The fourth-order valence-corrected chi connectivity index (χ4v) is 4.41. The van der Waals surface area contributed by atoms with Gasteiger partial charge in [-0.3, -0.25) is 4.79 Å². The third kappa shape index (κ3) is 5.43. The lowest BCUT2D eigenvalue weighted by atomic mass is 10.0. The monoisotopic (exact) mass is 391 g/mol. The standard InChI is InChI=1S/C22H37NO3Si/c1-17-10-11-18(12-14-26-27(6,7)22(2,3)4)20(15-17)21(24)23-13-8-9-19(23)16-25-5/h10-11,15,19H,8-9,12-14,16H2,1-7H3/t19-/m0/s1. The number of ether oxygens (including phenoxy) is 1. The number of methoxy groups -OCH3 is 1. The minimum absolute atomic E-state index is 0.139. The average Bonchev–Trinajstić information content (AvgIpc) is 3.03. The minimum atomic E-state index is -1.77. The maximum atomic E-state index is 13.3. The van der Waals surface area contributed by atoms with Gasteiger partial charge in [-0.1, -0.05) is 38.5 Å². The molecule has 1 fully saturated rings. The van der Waals surface area contributed by atoms with Gasteiger partial charge in [0.1, 0.15) is 0 Å². The number of amides is 1. The summed E-state index contributed by atoms with van der Waals surface area (Å²) in [5.74, 6) is 0.139. The summed E-state index contributed by atoms with van der Waals surface area (Å²) in [6.07, 6.45) is 2.85. The normalized spacial score (nSPS) is 18.2. The van der Waals surface area contributed by atoms with Gasteiger partial charge in [0.15, 0.2) is 8.32 Å². The van der Waals surface area contributed by atoms with Gasteiger partial charge in [-0.25, -0.2) is 0 Å². The molecule has 0 spiro atoms. The highest BCUT2D eigenvalue weighted by atomic mass is 28.4. The first-order valence-corrected chi connectivity index (χ1v) is 13.0. The SMILES string of the molecule is COC[C@@H]1CCCN1C(=O)c1cc(C)ccc1CCO[Si](C)(C)C(C)(C)C. The lowest BCUT2D eigenvalue weighted by Gasteiger charge is -2.36. The van der Waals surface area contributed by atoms with E-state index in [1.165, 1.54) is 0 Å². The van der Waals surface area contributed by atoms with Crippen LogP contribution in [0.15, 0.2) is 18.2 Å². The number of rotatable bonds is 7. The number of carbonyl (C=O) groups excluding carboxylic acids is 1. The van der Waals surface area contributed by atoms with Gasteiger partial charge in [0, 0.05) is 25.8 Å². The van der Waals surface area contributed by atoms with Gasteiger partial charge in [-0.15, -0.1) is 0 Å². The summed E-state index contributed by atoms with van der Waals surface area (Å²) in [7, 11) is -0.0678. The largest absolute Gasteiger partial charge is 0.416 e. The predicted octanol–water partition coefficient (Wildman–Crippen LogP) is 4.81. The van der Waals surface area contributed by atoms with Gasteiger partial charge < -0.3 is 14.1 Å². The van der Waals surface area contributed by atoms with Gasteiger partial charge in [0.25, 0.3) is 5.91 Å². The van der Waals surface area contributed by atoms with Crippen molar-refractivity contribution in [3.63, 3.8) is 0 Å². The Kier molecular flexibility index (Phi) is 7.28. The summed E-state index contributed by atoms with van der Waals surface area (Å²) in [6.45, 7) is 15.4. The molecule has 1 aliphatic rings. The van der Waals surface area contributed by atoms with E-state index >= 15 is 0 Å². The molecule has 1 aromatic carbocycles. The van der Waals surface area contributed by atoms with E-state index < -0.39 is 8.32 Å². The van der Waals surface area contributed by atoms with Crippen LogP contribution in [0, 0.1) is 6.92 Å². The van der Waals surface area contributed by atoms with Crippen molar-refractivity contribution in [3.8, 4) is 0 Å². The molecule has 0 radical (unpaired) electrons. The molecule has 0 bridgehead atoms. The Morgan fingerprint density at radius 2 is 2.00 bits per heavy atom. The Labute approximate surface area is 166 Å². The first kappa shape index (κ1) is 22.1. The molecule has 1 atom stereocenters. The molecule has 0 aromatic heterocycles. The van der Waals surface area contributed by atoms with E-state index in [-0.39, 0.29) is 17.0 Å². The maximum Gasteiger partial charge on any atom is 0.254 e. The summed E-state index contributed by atoms with van der Waals surface area (Å²) in [4.78, 5) is 15.3. The molecule has 1 heterocycles. The molecule has 2 rings (SSSR count). The highest BCUT2D eigenvalue weighted by Crippen LogP contribution is 2.36. The average molecular weight is 392 g/mol. The molecule has 152 valence electrons. The molecule has 0 unspecified atom stereocenters. The molecule has 5 heteroatoms. The number of carbonyl (C=O) groups is 1. The highest BCUT2D eigenvalue weighted by Gasteiger charge is 2.37. The molecule has 1 amide bonds. The molecule has 4 nitrogen and oxygen atoms in total. The Balaban J connectivity index is 2.14.